The molecule has 0 aromatic heterocycles. The van der Waals surface area contributed by atoms with Crippen molar-refractivity contribution in [2.75, 3.05) is 6.61 Å². The Labute approximate surface area is 125 Å². The van der Waals surface area contributed by atoms with Gasteiger partial charge in [-0.2, -0.15) is 0 Å². The summed E-state index contributed by atoms with van der Waals surface area (Å²) in [7, 11) is 0. The minimum absolute atomic E-state index is 0.0940. The van der Waals surface area contributed by atoms with E-state index in [9.17, 15) is 14.0 Å². The molecule has 0 amide bonds. The van der Waals surface area contributed by atoms with Crippen LogP contribution in [0.2, 0.25) is 0 Å². The number of hydrogen-bond donors (Lipinski definition) is 0. The monoisotopic (exact) mass is 296 g/mol. The summed E-state index contributed by atoms with van der Waals surface area (Å²) < 4.78 is 19.5. The van der Waals surface area contributed by atoms with Crippen molar-refractivity contribution in [2.24, 2.45) is 23.2 Å². The summed E-state index contributed by atoms with van der Waals surface area (Å²) in [5, 5.41) is 0. The lowest BCUT2D eigenvalue weighted by Gasteiger charge is -2.56. The molecule has 4 rings (SSSR count). The van der Waals surface area contributed by atoms with Crippen molar-refractivity contribution in [3.63, 3.8) is 0 Å². The van der Waals surface area contributed by atoms with Gasteiger partial charge in [0.15, 0.2) is 0 Å². The molecule has 4 heteroatoms. The molecule has 0 spiro atoms. The first-order valence-corrected chi connectivity index (χ1v) is 8.14. The van der Waals surface area contributed by atoms with Gasteiger partial charge in [-0.05, 0) is 70.1 Å². The van der Waals surface area contributed by atoms with Gasteiger partial charge in [0, 0.05) is 5.41 Å². The fraction of sp³-hybridized carbons (Fsp3) is 0.882. The summed E-state index contributed by atoms with van der Waals surface area (Å²) in [6, 6.07) is 0. The van der Waals surface area contributed by atoms with Crippen molar-refractivity contribution in [1.82, 2.24) is 0 Å². The van der Waals surface area contributed by atoms with Crippen LogP contribution in [0.5, 0.6) is 0 Å². The molecular weight excluding hydrogens is 271 g/mol. The molecule has 1 unspecified atom stereocenters. The normalized spacial score (nSPS) is 39.9. The predicted molar refractivity (Wildman–Crippen MR) is 76.4 cm³/mol. The van der Waals surface area contributed by atoms with Crippen LogP contribution in [0.15, 0.2) is 0 Å². The molecule has 118 valence electrons. The smallest absolute Gasteiger partial charge is 0.344 e. The number of carbonyl (C=O) groups excluding carboxylic acids is 2. The van der Waals surface area contributed by atoms with Gasteiger partial charge in [0.25, 0.3) is 0 Å². The van der Waals surface area contributed by atoms with Crippen molar-refractivity contribution in [2.45, 2.75) is 64.5 Å². The zero-order valence-electron chi connectivity index (χ0n) is 13.0. The predicted octanol–water partition coefficient (Wildman–Crippen LogP) is 3.45. The minimum atomic E-state index is -2.19. The second-order valence-corrected chi connectivity index (χ2v) is 8.07. The first kappa shape index (κ1) is 15.0. The van der Waals surface area contributed by atoms with Crippen molar-refractivity contribution < 1.29 is 18.7 Å². The molecule has 3 nitrogen and oxygen atoms in total. The molecule has 4 saturated carbocycles. The SMILES string of the molecule is CC(=O)CC(C)(F)C(=O)OCC12CC3CC(CC(C3)C1)C2. The highest BCUT2D eigenvalue weighted by Gasteiger charge is 2.52. The molecule has 0 saturated heterocycles. The second-order valence-electron chi connectivity index (χ2n) is 8.07. The van der Waals surface area contributed by atoms with Crippen molar-refractivity contribution in [3.8, 4) is 0 Å². The molecule has 4 aliphatic rings. The maximum absolute atomic E-state index is 14.2. The van der Waals surface area contributed by atoms with Crippen LogP contribution < -0.4 is 0 Å². The second kappa shape index (κ2) is 5.06. The highest BCUT2D eigenvalue weighted by Crippen LogP contribution is 2.60. The van der Waals surface area contributed by atoms with Gasteiger partial charge in [0.2, 0.25) is 5.67 Å². The number of esters is 1. The quantitative estimate of drug-likeness (QED) is 0.730. The van der Waals surface area contributed by atoms with Gasteiger partial charge in [-0.25, -0.2) is 9.18 Å². The molecule has 21 heavy (non-hydrogen) atoms. The molecule has 0 radical (unpaired) electrons. The van der Waals surface area contributed by atoms with Crippen LogP contribution in [0, 0.1) is 23.2 Å². The number of alkyl halides is 1. The van der Waals surface area contributed by atoms with Crippen LogP contribution in [0.1, 0.15) is 58.8 Å². The topological polar surface area (TPSA) is 43.4 Å². The molecule has 1 atom stereocenters. The van der Waals surface area contributed by atoms with E-state index in [0.29, 0.717) is 6.61 Å². The maximum atomic E-state index is 14.2. The van der Waals surface area contributed by atoms with Crippen molar-refractivity contribution >= 4 is 11.8 Å². The van der Waals surface area contributed by atoms with Crippen LogP contribution in [0.25, 0.3) is 0 Å². The summed E-state index contributed by atoms with van der Waals surface area (Å²) in [6.45, 7) is 2.79. The lowest BCUT2D eigenvalue weighted by Crippen LogP contribution is -2.49. The minimum Gasteiger partial charge on any atom is -0.463 e. The van der Waals surface area contributed by atoms with Crippen LogP contribution >= 0.6 is 0 Å². The molecule has 0 N–H and O–H groups in total. The van der Waals surface area contributed by atoms with Gasteiger partial charge in [0.05, 0.1) is 13.0 Å². The molecule has 0 aromatic rings. The van der Waals surface area contributed by atoms with E-state index in [4.69, 9.17) is 4.74 Å². The Morgan fingerprint density at radius 2 is 1.62 bits per heavy atom. The molecule has 0 aromatic carbocycles. The Morgan fingerprint density at radius 1 is 1.14 bits per heavy atom. The van der Waals surface area contributed by atoms with Crippen molar-refractivity contribution in [3.05, 3.63) is 0 Å². The van der Waals surface area contributed by atoms with Crippen LogP contribution in [-0.4, -0.2) is 24.0 Å². The first-order valence-electron chi connectivity index (χ1n) is 8.14. The Morgan fingerprint density at radius 3 is 2.05 bits per heavy atom. The fourth-order valence-corrected chi connectivity index (χ4v) is 5.38. The summed E-state index contributed by atoms with van der Waals surface area (Å²) in [5.41, 5.74) is -2.09. The molecule has 4 bridgehead atoms. The highest BCUT2D eigenvalue weighted by atomic mass is 19.1. The van der Waals surface area contributed by atoms with Gasteiger partial charge < -0.3 is 4.74 Å². The number of Topliss-reactive ketones (excluding diaryl/α,β-unsaturated/α-hetero) is 1. The summed E-state index contributed by atoms with van der Waals surface area (Å²) in [4.78, 5) is 23.0. The van der Waals surface area contributed by atoms with Gasteiger partial charge in [0.1, 0.15) is 5.78 Å². The molecule has 4 aliphatic carbocycles. The van der Waals surface area contributed by atoms with Crippen LogP contribution in [0.4, 0.5) is 4.39 Å². The first-order chi connectivity index (χ1) is 9.78. The third-order valence-corrected chi connectivity index (χ3v) is 5.68. The Bertz CT molecular complexity index is 420. The van der Waals surface area contributed by atoms with Gasteiger partial charge >= 0.3 is 5.97 Å². The van der Waals surface area contributed by atoms with E-state index in [-0.39, 0.29) is 11.2 Å². The lowest BCUT2D eigenvalue weighted by molar-refractivity contribution is -0.168. The third-order valence-electron chi connectivity index (χ3n) is 5.68. The Kier molecular flexibility index (Phi) is 3.61. The average Bonchev–Trinajstić information content (AvgIpc) is 2.32. The molecule has 0 aliphatic heterocycles. The number of ether oxygens (including phenoxy) is 1. The molecular formula is C17H25FO3. The fourth-order valence-electron chi connectivity index (χ4n) is 5.38. The summed E-state index contributed by atoms with van der Waals surface area (Å²) >= 11 is 0. The van der Waals surface area contributed by atoms with Gasteiger partial charge in [-0.15, -0.1) is 0 Å². The van der Waals surface area contributed by atoms with E-state index in [0.717, 1.165) is 43.9 Å². The standard InChI is InChI=1S/C17H25FO3/c1-11(19)6-16(2,18)15(20)21-10-17-7-12-3-13(8-17)5-14(4-12)9-17/h12-14H,3-10H2,1-2H3. The van der Waals surface area contributed by atoms with E-state index in [1.54, 1.807) is 0 Å². The number of hydrogen-bond acceptors (Lipinski definition) is 3. The zero-order valence-corrected chi connectivity index (χ0v) is 13.0. The van der Waals surface area contributed by atoms with Crippen LogP contribution in [0.3, 0.4) is 0 Å². The number of halogens is 1. The Hall–Kier alpha value is -0.930. The highest BCUT2D eigenvalue weighted by molar-refractivity contribution is 5.87. The van der Waals surface area contributed by atoms with Crippen LogP contribution in [-0.2, 0) is 14.3 Å². The zero-order chi connectivity index (χ0) is 15.3. The number of carbonyl (C=O) groups is 2. The van der Waals surface area contributed by atoms with E-state index in [1.807, 2.05) is 0 Å². The lowest BCUT2D eigenvalue weighted by atomic mass is 9.50. The number of rotatable bonds is 5. The van der Waals surface area contributed by atoms with E-state index in [1.165, 1.54) is 26.2 Å². The molecule has 4 fully saturated rings. The Balaban J connectivity index is 1.60. The van der Waals surface area contributed by atoms with Gasteiger partial charge in [-0.1, -0.05) is 0 Å². The molecule has 0 heterocycles. The van der Waals surface area contributed by atoms with Crippen molar-refractivity contribution in [1.29, 1.82) is 0 Å². The van der Waals surface area contributed by atoms with Gasteiger partial charge in [-0.3, -0.25) is 4.79 Å². The van der Waals surface area contributed by atoms with E-state index >= 15 is 0 Å². The maximum Gasteiger partial charge on any atom is 0.344 e. The average molecular weight is 296 g/mol. The third kappa shape index (κ3) is 3.00. The largest absolute Gasteiger partial charge is 0.463 e. The summed E-state index contributed by atoms with van der Waals surface area (Å²) in [6.07, 6.45) is 6.98. The summed E-state index contributed by atoms with van der Waals surface area (Å²) in [5.74, 6) is 1.15. The van der Waals surface area contributed by atoms with E-state index in [2.05, 4.69) is 0 Å². The number of ketones is 1. The van der Waals surface area contributed by atoms with E-state index < -0.39 is 18.1 Å².